The molecular weight excluding hydrogens is 333 g/mol. The lowest BCUT2D eigenvalue weighted by atomic mass is 10.1. The molecule has 0 radical (unpaired) electrons. The maximum Gasteiger partial charge on any atom is 0.233 e. The molecule has 0 saturated carbocycles. The summed E-state index contributed by atoms with van der Waals surface area (Å²) >= 11 is 0. The zero-order valence-electron chi connectivity index (χ0n) is 15.3. The summed E-state index contributed by atoms with van der Waals surface area (Å²) in [5.74, 6) is -1.36. The van der Waals surface area contributed by atoms with Gasteiger partial charge < -0.3 is 15.5 Å². The second-order valence-electron chi connectivity index (χ2n) is 5.95. The Morgan fingerprint density at radius 1 is 1.00 bits per heavy atom. The molecule has 0 fully saturated rings. The number of rotatable bonds is 7. The van der Waals surface area contributed by atoms with Crippen LogP contribution in [0.25, 0.3) is 0 Å². The molecule has 0 unspecified atom stereocenters. The van der Waals surface area contributed by atoms with Crippen molar-refractivity contribution in [2.45, 2.75) is 27.2 Å². The minimum atomic E-state index is -0.495. The average Bonchev–Trinajstić information content (AvgIpc) is 2.58. The molecule has 138 valence electrons. The molecule has 26 heavy (non-hydrogen) atoms. The largest absolute Gasteiger partial charge is 0.372 e. The summed E-state index contributed by atoms with van der Waals surface area (Å²) in [4.78, 5) is 26.2. The third kappa shape index (κ3) is 5.31. The number of benzene rings is 2. The molecular formula is C20H24FN3O2. The SMILES string of the molecule is CCN(CC)c1ccc(NC(=O)CC(=O)Nc2cccc(F)c2)c(C)c1. The predicted octanol–water partition coefficient (Wildman–Crippen LogP) is 3.95. The fourth-order valence-electron chi connectivity index (χ4n) is 2.69. The summed E-state index contributed by atoms with van der Waals surface area (Å²) in [6, 6.07) is 11.3. The Balaban J connectivity index is 1.95. The normalized spacial score (nSPS) is 10.3. The second-order valence-corrected chi connectivity index (χ2v) is 5.95. The third-order valence-corrected chi connectivity index (χ3v) is 4.04. The van der Waals surface area contributed by atoms with E-state index in [1.165, 1.54) is 18.2 Å². The first-order chi connectivity index (χ1) is 12.4. The molecule has 0 aliphatic heterocycles. The first kappa shape index (κ1) is 19.4. The quantitative estimate of drug-likeness (QED) is 0.738. The van der Waals surface area contributed by atoms with Gasteiger partial charge in [0, 0.05) is 30.2 Å². The van der Waals surface area contributed by atoms with E-state index in [-0.39, 0.29) is 6.42 Å². The number of carbonyl (C=O) groups excluding carboxylic acids is 2. The Morgan fingerprint density at radius 3 is 2.31 bits per heavy atom. The fraction of sp³-hybridized carbons (Fsp3) is 0.300. The van der Waals surface area contributed by atoms with Crippen LogP contribution in [-0.2, 0) is 9.59 Å². The van der Waals surface area contributed by atoms with Gasteiger partial charge in [-0.15, -0.1) is 0 Å². The third-order valence-electron chi connectivity index (χ3n) is 4.04. The Kier molecular flexibility index (Phi) is 6.72. The molecule has 0 heterocycles. The van der Waals surface area contributed by atoms with Crippen LogP contribution in [0.4, 0.5) is 21.5 Å². The molecule has 0 bridgehead atoms. The van der Waals surface area contributed by atoms with Gasteiger partial charge in [0.1, 0.15) is 12.2 Å². The van der Waals surface area contributed by atoms with Crippen molar-refractivity contribution in [3.8, 4) is 0 Å². The smallest absolute Gasteiger partial charge is 0.233 e. The number of hydrogen-bond acceptors (Lipinski definition) is 3. The van der Waals surface area contributed by atoms with Crippen molar-refractivity contribution in [2.24, 2.45) is 0 Å². The highest BCUT2D eigenvalue weighted by atomic mass is 19.1. The van der Waals surface area contributed by atoms with Crippen molar-refractivity contribution in [1.29, 1.82) is 0 Å². The fourth-order valence-corrected chi connectivity index (χ4v) is 2.69. The molecule has 0 saturated heterocycles. The monoisotopic (exact) mass is 357 g/mol. The van der Waals surface area contributed by atoms with Gasteiger partial charge in [-0.05, 0) is 62.7 Å². The van der Waals surface area contributed by atoms with Gasteiger partial charge in [0.25, 0.3) is 0 Å². The van der Waals surface area contributed by atoms with Gasteiger partial charge in [-0.2, -0.15) is 0 Å². The van der Waals surface area contributed by atoms with Crippen LogP contribution in [0.15, 0.2) is 42.5 Å². The van der Waals surface area contributed by atoms with Crippen LogP contribution in [0.5, 0.6) is 0 Å². The van der Waals surface area contributed by atoms with Crippen LogP contribution >= 0.6 is 0 Å². The van der Waals surface area contributed by atoms with E-state index in [4.69, 9.17) is 0 Å². The van der Waals surface area contributed by atoms with Crippen LogP contribution < -0.4 is 15.5 Å². The molecule has 0 spiro atoms. The minimum absolute atomic E-state index is 0.322. The zero-order chi connectivity index (χ0) is 19.1. The predicted molar refractivity (Wildman–Crippen MR) is 103 cm³/mol. The van der Waals surface area contributed by atoms with E-state index >= 15 is 0 Å². The number of nitrogens with zero attached hydrogens (tertiary/aromatic N) is 1. The summed E-state index contributed by atoms with van der Waals surface area (Å²) < 4.78 is 13.1. The second kappa shape index (κ2) is 8.99. The van der Waals surface area contributed by atoms with Crippen LogP contribution in [0.3, 0.4) is 0 Å². The molecule has 5 nitrogen and oxygen atoms in total. The highest BCUT2D eigenvalue weighted by Crippen LogP contribution is 2.22. The van der Waals surface area contributed by atoms with Crippen LogP contribution in [0, 0.1) is 12.7 Å². The van der Waals surface area contributed by atoms with E-state index in [0.717, 1.165) is 24.3 Å². The van der Waals surface area contributed by atoms with Crippen LogP contribution in [-0.4, -0.2) is 24.9 Å². The van der Waals surface area contributed by atoms with Crippen LogP contribution in [0.2, 0.25) is 0 Å². The highest BCUT2D eigenvalue weighted by Gasteiger charge is 2.12. The molecule has 2 rings (SSSR count). The Hall–Kier alpha value is -2.89. The summed E-state index contributed by atoms with van der Waals surface area (Å²) in [6.07, 6.45) is -0.340. The van der Waals surface area contributed by atoms with Gasteiger partial charge in [-0.1, -0.05) is 6.07 Å². The molecule has 0 aliphatic rings. The van der Waals surface area contributed by atoms with E-state index in [2.05, 4.69) is 29.4 Å². The molecule has 2 aromatic carbocycles. The maximum atomic E-state index is 13.1. The standard InChI is InChI=1S/C20H24FN3O2/c1-4-24(5-2)17-9-10-18(14(3)11-17)23-20(26)13-19(25)22-16-8-6-7-15(21)12-16/h6-12H,4-5,13H2,1-3H3,(H,22,25)(H,23,26). The van der Waals surface area contributed by atoms with Gasteiger partial charge in [-0.3, -0.25) is 9.59 Å². The molecule has 2 N–H and O–H groups in total. The van der Waals surface area contributed by atoms with Gasteiger partial charge in [0.15, 0.2) is 0 Å². The van der Waals surface area contributed by atoms with Crippen molar-refractivity contribution >= 4 is 28.9 Å². The van der Waals surface area contributed by atoms with Crippen molar-refractivity contribution in [3.63, 3.8) is 0 Å². The number of amides is 2. The van der Waals surface area contributed by atoms with Gasteiger partial charge in [0.05, 0.1) is 0 Å². The lowest BCUT2D eigenvalue weighted by Crippen LogP contribution is -2.23. The number of carbonyl (C=O) groups is 2. The Bertz CT molecular complexity index is 788. The van der Waals surface area contributed by atoms with Gasteiger partial charge >= 0.3 is 0 Å². The first-order valence-corrected chi connectivity index (χ1v) is 8.63. The van der Waals surface area contributed by atoms with E-state index < -0.39 is 17.6 Å². The summed E-state index contributed by atoms with van der Waals surface area (Å²) in [5, 5.41) is 5.25. The highest BCUT2D eigenvalue weighted by molar-refractivity contribution is 6.08. The van der Waals surface area contributed by atoms with Crippen molar-refractivity contribution in [1.82, 2.24) is 0 Å². The topological polar surface area (TPSA) is 61.4 Å². The molecule has 0 atom stereocenters. The number of nitrogens with one attached hydrogen (secondary N) is 2. The summed E-state index contributed by atoms with van der Waals surface area (Å²) in [5.41, 5.74) is 3.01. The minimum Gasteiger partial charge on any atom is -0.372 e. The Labute approximate surface area is 153 Å². The zero-order valence-corrected chi connectivity index (χ0v) is 15.3. The molecule has 2 aromatic rings. The van der Waals surface area contributed by atoms with E-state index in [1.54, 1.807) is 6.07 Å². The number of anilines is 3. The Morgan fingerprint density at radius 2 is 1.69 bits per heavy atom. The molecule has 0 aromatic heterocycles. The van der Waals surface area contributed by atoms with E-state index in [0.29, 0.717) is 11.4 Å². The first-order valence-electron chi connectivity index (χ1n) is 8.63. The van der Waals surface area contributed by atoms with Crippen LogP contribution in [0.1, 0.15) is 25.8 Å². The van der Waals surface area contributed by atoms with Gasteiger partial charge in [-0.25, -0.2) is 4.39 Å². The van der Waals surface area contributed by atoms with Crippen molar-refractivity contribution < 1.29 is 14.0 Å². The molecule has 6 heteroatoms. The van der Waals surface area contributed by atoms with E-state index in [9.17, 15) is 14.0 Å². The number of aryl methyl sites for hydroxylation is 1. The summed E-state index contributed by atoms with van der Waals surface area (Å²) in [6.45, 7) is 7.90. The summed E-state index contributed by atoms with van der Waals surface area (Å²) in [7, 11) is 0. The average molecular weight is 357 g/mol. The lowest BCUT2D eigenvalue weighted by molar-refractivity contribution is -0.123. The van der Waals surface area contributed by atoms with Crippen molar-refractivity contribution in [3.05, 3.63) is 53.8 Å². The van der Waals surface area contributed by atoms with Gasteiger partial charge in [0.2, 0.25) is 11.8 Å². The van der Waals surface area contributed by atoms with E-state index in [1.807, 2.05) is 25.1 Å². The molecule has 0 aliphatic carbocycles. The number of hydrogen-bond donors (Lipinski definition) is 2. The molecule has 2 amide bonds. The lowest BCUT2D eigenvalue weighted by Gasteiger charge is -2.22. The van der Waals surface area contributed by atoms with Crippen molar-refractivity contribution in [2.75, 3.05) is 28.6 Å². The maximum absolute atomic E-state index is 13.1. The number of halogens is 1.